The normalized spacial score (nSPS) is 23.0. The molecule has 1 aromatic carbocycles. The number of hydrogen-bond donors (Lipinski definition) is 5. The van der Waals surface area contributed by atoms with Gasteiger partial charge in [0, 0.05) is 28.6 Å². The zero-order valence-corrected chi connectivity index (χ0v) is 33.6. The smallest absolute Gasteiger partial charge is 0.289 e. The second-order valence-corrected chi connectivity index (χ2v) is 17.8. The molecule has 0 spiro atoms. The molecule has 3 aliphatic carbocycles. The van der Waals surface area contributed by atoms with Crippen molar-refractivity contribution >= 4 is 52.0 Å². The monoisotopic (exact) mass is 772 g/mol. The van der Waals surface area contributed by atoms with Gasteiger partial charge in [-0.3, -0.25) is 33.6 Å². The van der Waals surface area contributed by atoms with Crippen LogP contribution in [0.5, 0.6) is 0 Å². The van der Waals surface area contributed by atoms with Crippen molar-refractivity contribution < 1.29 is 33.6 Å². The van der Waals surface area contributed by atoms with Gasteiger partial charge in [-0.25, -0.2) is 0 Å². The van der Waals surface area contributed by atoms with Crippen LogP contribution in [0.4, 0.5) is 0 Å². The van der Waals surface area contributed by atoms with Gasteiger partial charge in [0.2, 0.25) is 23.5 Å². The molecule has 0 radical (unpaired) electrons. The number of aromatic nitrogens is 1. The zero-order chi connectivity index (χ0) is 40.3. The van der Waals surface area contributed by atoms with Crippen molar-refractivity contribution in [1.82, 2.24) is 31.2 Å². The van der Waals surface area contributed by atoms with Gasteiger partial charge in [0.1, 0.15) is 23.8 Å². The number of hydrogen-bond acceptors (Lipinski definition) is 7. The van der Waals surface area contributed by atoms with Gasteiger partial charge in [-0.05, 0) is 99.8 Å². The van der Waals surface area contributed by atoms with Gasteiger partial charge in [-0.1, -0.05) is 66.2 Å². The number of carbonyl (C=O) groups is 7. The molecular weight excluding hydrogens is 713 g/mol. The average molecular weight is 773 g/mol. The maximum Gasteiger partial charge on any atom is 0.289 e. The van der Waals surface area contributed by atoms with E-state index in [0.29, 0.717) is 35.7 Å². The van der Waals surface area contributed by atoms with Gasteiger partial charge < -0.3 is 31.2 Å². The van der Waals surface area contributed by atoms with Crippen LogP contribution in [-0.4, -0.2) is 87.2 Å². The van der Waals surface area contributed by atoms with Crippen molar-refractivity contribution in [3.63, 3.8) is 0 Å². The second-order valence-electron chi connectivity index (χ2n) is 17.8. The molecule has 1 saturated heterocycles. The van der Waals surface area contributed by atoms with E-state index in [9.17, 15) is 33.6 Å². The van der Waals surface area contributed by atoms with Gasteiger partial charge in [0.25, 0.3) is 11.8 Å². The number of nitrogens with one attached hydrogen (secondary N) is 5. The number of ketones is 2. The molecule has 1 aliphatic heterocycles. The Kier molecular flexibility index (Phi) is 12.7. The van der Waals surface area contributed by atoms with E-state index < -0.39 is 59.0 Å². The third-order valence-electron chi connectivity index (χ3n) is 12.4. The predicted molar refractivity (Wildman–Crippen MR) is 212 cm³/mol. The van der Waals surface area contributed by atoms with Crippen LogP contribution in [0, 0.1) is 17.3 Å². The molecule has 6 rings (SSSR count). The van der Waals surface area contributed by atoms with Crippen molar-refractivity contribution in [2.75, 3.05) is 0 Å². The maximum atomic E-state index is 15.0. The van der Waals surface area contributed by atoms with E-state index in [1.165, 1.54) is 6.92 Å². The first-order valence-corrected chi connectivity index (χ1v) is 20.9. The Morgan fingerprint density at radius 3 is 2.21 bits per heavy atom. The summed E-state index contributed by atoms with van der Waals surface area (Å²) in [6, 6.07) is 2.85. The number of aromatic amines is 1. The summed E-state index contributed by atoms with van der Waals surface area (Å²) in [6.07, 6.45) is 10.8. The Hall–Kier alpha value is -4.55. The molecular formula is C43H60N6O7. The molecule has 6 atom stereocenters. The molecule has 304 valence electrons. The molecule has 1 aromatic heterocycles. The van der Waals surface area contributed by atoms with E-state index in [2.05, 4.69) is 26.3 Å². The van der Waals surface area contributed by atoms with E-state index in [4.69, 9.17) is 0 Å². The molecule has 5 N–H and O–H groups in total. The minimum atomic E-state index is -1.02. The van der Waals surface area contributed by atoms with Gasteiger partial charge in [0.15, 0.2) is 5.78 Å². The summed E-state index contributed by atoms with van der Waals surface area (Å²) in [4.78, 5) is 100. The van der Waals surface area contributed by atoms with E-state index in [-0.39, 0.29) is 41.3 Å². The Morgan fingerprint density at radius 1 is 0.857 bits per heavy atom. The molecule has 56 heavy (non-hydrogen) atoms. The molecule has 3 saturated carbocycles. The maximum absolute atomic E-state index is 15.0. The van der Waals surface area contributed by atoms with E-state index in [1.54, 1.807) is 29.2 Å². The summed E-state index contributed by atoms with van der Waals surface area (Å²) < 4.78 is 0. The van der Waals surface area contributed by atoms with Crippen LogP contribution >= 0.6 is 0 Å². The van der Waals surface area contributed by atoms with Crippen molar-refractivity contribution in [3.8, 4) is 0 Å². The minimum Gasteiger partial charge on any atom is -0.351 e. The Labute approximate surface area is 329 Å². The predicted octanol–water partition coefficient (Wildman–Crippen LogP) is 4.87. The van der Waals surface area contributed by atoms with Crippen LogP contribution in [0.1, 0.15) is 145 Å². The lowest BCUT2D eigenvalue weighted by Crippen LogP contribution is -2.63. The van der Waals surface area contributed by atoms with Crippen LogP contribution < -0.4 is 21.3 Å². The van der Waals surface area contributed by atoms with Crippen LogP contribution in [0.2, 0.25) is 0 Å². The molecule has 2 aromatic rings. The lowest BCUT2D eigenvalue weighted by molar-refractivity contribution is -0.147. The fourth-order valence-corrected chi connectivity index (χ4v) is 9.07. The summed E-state index contributed by atoms with van der Waals surface area (Å²) in [5, 5.41) is 12.4. The SMILES string of the molecule is CCC[C@H](NC(=O)[C@@H]1C[C@@H]2CCCC[C@@H]2N1C(=O)[C@@H](NC(=O)C(NC(=O)c1cc2cc(C(C)=O)ccc2[nH]1)C1CCCCC1)C(C)(C)C)C(=O)C(=O)NC1CC1. The van der Waals surface area contributed by atoms with Gasteiger partial charge in [-0.2, -0.15) is 0 Å². The first-order valence-electron chi connectivity index (χ1n) is 20.9. The molecule has 13 heteroatoms. The minimum absolute atomic E-state index is 0.00168. The topological polar surface area (TPSA) is 187 Å². The van der Waals surface area contributed by atoms with Gasteiger partial charge in [-0.15, -0.1) is 0 Å². The van der Waals surface area contributed by atoms with Crippen LogP contribution in [-0.2, 0) is 24.0 Å². The first-order chi connectivity index (χ1) is 26.7. The third kappa shape index (κ3) is 9.35. The second kappa shape index (κ2) is 17.3. The van der Waals surface area contributed by atoms with Crippen molar-refractivity contribution in [3.05, 3.63) is 35.5 Å². The van der Waals surface area contributed by atoms with Crippen LogP contribution in [0.15, 0.2) is 24.3 Å². The van der Waals surface area contributed by atoms with E-state index in [0.717, 1.165) is 70.6 Å². The standard InChI is InChI=1S/C43H60N6O7/c1-6-12-31(36(51)41(55)44-29-18-19-29)46-39(53)34-23-27-15-10-11-16-33(27)49(34)42(56)37(43(3,4)5)48-40(54)35(25-13-8-7-9-14-25)47-38(52)32-22-28-21-26(24(2)50)17-20-30(28)45-32/h17,20-22,25,27,29,31,33-35,37,45H,6-16,18-19,23H2,1-5H3,(H,44,55)(H,46,53)(H,47,52)(H,48,54)/t27-,31-,33-,34-,35?,37+/m0/s1. The Bertz CT molecular complexity index is 1840. The molecule has 4 fully saturated rings. The number of carbonyl (C=O) groups excluding carboxylic acids is 7. The highest BCUT2D eigenvalue weighted by Crippen LogP contribution is 2.41. The first kappa shape index (κ1) is 41.1. The fraction of sp³-hybridized carbons (Fsp3) is 0.651. The number of amides is 5. The molecule has 0 bridgehead atoms. The number of rotatable bonds is 14. The highest BCUT2D eigenvalue weighted by Gasteiger charge is 2.51. The lowest BCUT2D eigenvalue weighted by Gasteiger charge is -2.40. The average Bonchev–Trinajstić information content (AvgIpc) is 3.73. The lowest BCUT2D eigenvalue weighted by atomic mass is 9.81. The fourth-order valence-electron chi connectivity index (χ4n) is 9.07. The molecule has 1 unspecified atom stereocenters. The summed E-state index contributed by atoms with van der Waals surface area (Å²) in [5.74, 6) is -3.24. The highest BCUT2D eigenvalue weighted by atomic mass is 16.2. The van der Waals surface area contributed by atoms with Crippen LogP contribution in [0.25, 0.3) is 10.9 Å². The number of H-pyrrole nitrogens is 1. The van der Waals surface area contributed by atoms with Crippen molar-refractivity contribution in [2.45, 2.75) is 161 Å². The molecule has 4 aliphatic rings. The van der Waals surface area contributed by atoms with Crippen LogP contribution in [0.3, 0.4) is 0 Å². The number of likely N-dealkylation sites (tertiary alicyclic amines) is 1. The summed E-state index contributed by atoms with van der Waals surface area (Å²) in [5.41, 5.74) is 0.712. The van der Waals surface area contributed by atoms with Gasteiger partial charge in [0.05, 0.1) is 6.04 Å². The largest absolute Gasteiger partial charge is 0.351 e. The van der Waals surface area contributed by atoms with Gasteiger partial charge >= 0.3 is 0 Å². The zero-order valence-electron chi connectivity index (χ0n) is 33.6. The van der Waals surface area contributed by atoms with Crippen molar-refractivity contribution in [2.24, 2.45) is 17.3 Å². The quantitative estimate of drug-likeness (QED) is 0.134. The van der Waals surface area contributed by atoms with E-state index in [1.807, 2.05) is 27.7 Å². The third-order valence-corrected chi connectivity index (χ3v) is 12.4. The summed E-state index contributed by atoms with van der Waals surface area (Å²) in [6.45, 7) is 9.00. The molecule has 5 amide bonds. The Morgan fingerprint density at radius 2 is 1.55 bits per heavy atom. The highest BCUT2D eigenvalue weighted by molar-refractivity contribution is 6.38. The summed E-state index contributed by atoms with van der Waals surface area (Å²) >= 11 is 0. The molecule has 2 heterocycles. The summed E-state index contributed by atoms with van der Waals surface area (Å²) in [7, 11) is 0. The number of benzene rings is 1. The molecule has 13 nitrogen and oxygen atoms in total. The number of Topliss-reactive ketones (excluding diaryl/α,β-unsaturated/α-hetero) is 2. The number of nitrogens with zero attached hydrogens (tertiary/aromatic N) is 1. The van der Waals surface area contributed by atoms with Crippen molar-refractivity contribution in [1.29, 1.82) is 0 Å². The number of fused-ring (bicyclic) bond motifs is 2. The Balaban J connectivity index is 1.23. The van der Waals surface area contributed by atoms with E-state index >= 15 is 0 Å².